The molecule has 0 saturated heterocycles. The second kappa shape index (κ2) is 8.90. The first-order valence-corrected chi connectivity index (χ1v) is 12.0. The van der Waals surface area contributed by atoms with Crippen LogP contribution in [0.2, 0.25) is 5.02 Å². The maximum Gasteiger partial charge on any atom is 0.266 e. The standard InChI is InChI=1S/C24H17ClN4O2S2/c1-14-22(32-23(26)27-14)33-24-28-20-12-7-15(25)13-19(20)21(30)29(24)16-8-10-18(11-9-16)31-17-5-3-2-4-6-17/h2-13H,1H3,(H2,26,27). The van der Waals surface area contributed by atoms with Gasteiger partial charge in [-0.25, -0.2) is 9.97 Å². The number of anilines is 1. The van der Waals surface area contributed by atoms with Gasteiger partial charge in [0.25, 0.3) is 5.56 Å². The van der Waals surface area contributed by atoms with Crippen LogP contribution in [0.15, 0.2) is 87.0 Å². The van der Waals surface area contributed by atoms with Crippen molar-refractivity contribution < 1.29 is 4.74 Å². The van der Waals surface area contributed by atoms with Gasteiger partial charge in [0.2, 0.25) is 0 Å². The van der Waals surface area contributed by atoms with Gasteiger partial charge in [-0.1, -0.05) is 41.1 Å². The maximum atomic E-state index is 13.5. The van der Waals surface area contributed by atoms with Crippen molar-refractivity contribution in [1.29, 1.82) is 0 Å². The van der Waals surface area contributed by atoms with Crippen LogP contribution >= 0.6 is 34.7 Å². The predicted molar refractivity (Wildman–Crippen MR) is 134 cm³/mol. The number of para-hydroxylation sites is 1. The first-order chi connectivity index (χ1) is 16.0. The minimum absolute atomic E-state index is 0.211. The number of fused-ring (bicyclic) bond motifs is 1. The summed E-state index contributed by atoms with van der Waals surface area (Å²) in [7, 11) is 0. The summed E-state index contributed by atoms with van der Waals surface area (Å²) in [6, 6.07) is 21.9. The highest BCUT2D eigenvalue weighted by molar-refractivity contribution is 8.01. The van der Waals surface area contributed by atoms with Gasteiger partial charge in [0, 0.05) is 5.02 Å². The molecule has 0 atom stereocenters. The lowest BCUT2D eigenvalue weighted by Gasteiger charge is -2.14. The number of aryl methyl sites for hydroxylation is 1. The first-order valence-electron chi connectivity index (χ1n) is 9.94. The second-order valence-electron chi connectivity index (χ2n) is 7.13. The average Bonchev–Trinajstić information content (AvgIpc) is 3.12. The molecule has 5 rings (SSSR count). The molecule has 0 amide bonds. The topological polar surface area (TPSA) is 83.0 Å². The largest absolute Gasteiger partial charge is 0.457 e. The van der Waals surface area contributed by atoms with E-state index in [-0.39, 0.29) is 5.56 Å². The molecule has 2 aromatic heterocycles. The molecule has 3 aromatic carbocycles. The van der Waals surface area contributed by atoms with E-state index in [1.807, 2.05) is 61.5 Å². The Labute approximate surface area is 202 Å². The summed E-state index contributed by atoms with van der Waals surface area (Å²) in [6.45, 7) is 1.88. The Morgan fingerprint density at radius 3 is 2.42 bits per heavy atom. The molecule has 6 nitrogen and oxygen atoms in total. The van der Waals surface area contributed by atoms with Crippen molar-refractivity contribution in [1.82, 2.24) is 14.5 Å². The van der Waals surface area contributed by atoms with E-state index >= 15 is 0 Å². The zero-order chi connectivity index (χ0) is 22.9. The third-order valence-corrected chi connectivity index (χ3v) is 7.28. The van der Waals surface area contributed by atoms with Crippen molar-refractivity contribution in [2.24, 2.45) is 0 Å². The summed E-state index contributed by atoms with van der Waals surface area (Å²) in [5.41, 5.74) is 7.69. The highest BCUT2D eigenvalue weighted by atomic mass is 35.5. The SMILES string of the molecule is Cc1nc(N)sc1Sc1nc2ccc(Cl)cc2c(=O)n1-c1ccc(Oc2ccccc2)cc1. The summed E-state index contributed by atoms with van der Waals surface area (Å²) < 4.78 is 8.34. The molecular weight excluding hydrogens is 476 g/mol. The van der Waals surface area contributed by atoms with E-state index < -0.39 is 0 Å². The molecule has 164 valence electrons. The molecule has 0 aliphatic rings. The van der Waals surface area contributed by atoms with E-state index in [1.54, 1.807) is 22.8 Å². The molecule has 0 aliphatic carbocycles. The summed E-state index contributed by atoms with van der Waals surface area (Å²) >= 11 is 8.89. The molecular formula is C24H17ClN4O2S2. The average molecular weight is 493 g/mol. The van der Waals surface area contributed by atoms with E-state index in [4.69, 9.17) is 27.1 Å². The molecule has 9 heteroatoms. The van der Waals surface area contributed by atoms with Gasteiger partial charge in [0.1, 0.15) is 11.5 Å². The Hall–Kier alpha value is -3.33. The van der Waals surface area contributed by atoms with Crippen molar-refractivity contribution in [3.8, 4) is 17.2 Å². The minimum atomic E-state index is -0.211. The van der Waals surface area contributed by atoms with Gasteiger partial charge < -0.3 is 10.5 Å². The van der Waals surface area contributed by atoms with Crippen LogP contribution in [-0.2, 0) is 0 Å². The molecule has 5 aromatic rings. The lowest BCUT2D eigenvalue weighted by atomic mass is 10.2. The fourth-order valence-corrected chi connectivity index (χ4v) is 5.47. The monoisotopic (exact) mass is 492 g/mol. The smallest absolute Gasteiger partial charge is 0.266 e. The van der Waals surface area contributed by atoms with Crippen LogP contribution in [0.25, 0.3) is 16.6 Å². The molecule has 0 unspecified atom stereocenters. The molecule has 0 aliphatic heterocycles. The normalized spacial score (nSPS) is 11.1. The molecule has 0 fully saturated rings. The van der Waals surface area contributed by atoms with Gasteiger partial charge >= 0.3 is 0 Å². The van der Waals surface area contributed by atoms with Crippen LogP contribution in [0.4, 0.5) is 5.13 Å². The first kappa shape index (κ1) is 21.5. The number of nitrogens with two attached hydrogens (primary N) is 1. The fraction of sp³-hybridized carbons (Fsp3) is 0.0417. The Morgan fingerprint density at radius 2 is 1.73 bits per heavy atom. The summed E-state index contributed by atoms with van der Waals surface area (Å²) in [5, 5.41) is 1.90. The fourth-order valence-electron chi connectivity index (χ4n) is 3.30. The number of benzene rings is 3. The highest BCUT2D eigenvalue weighted by Gasteiger charge is 2.17. The maximum absolute atomic E-state index is 13.5. The second-order valence-corrected chi connectivity index (χ2v) is 9.84. The highest BCUT2D eigenvalue weighted by Crippen LogP contribution is 2.36. The van der Waals surface area contributed by atoms with E-state index in [0.717, 1.165) is 15.7 Å². The Balaban J connectivity index is 1.61. The Morgan fingerprint density at radius 1 is 1.00 bits per heavy atom. The van der Waals surface area contributed by atoms with E-state index in [2.05, 4.69) is 4.98 Å². The zero-order valence-corrected chi connectivity index (χ0v) is 19.7. The molecule has 2 heterocycles. The van der Waals surface area contributed by atoms with E-state index in [0.29, 0.717) is 37.7 Å². The lowest BCUT2D eigenvalue weighted by Crippen LogP contribution is -2.21. The molecule has 0 bridgehead atoms. The number of rotatable bonds is 5. The van der Waals surface area contributed by atoms with Crippen LogP contribution in [0, 0.1) is 6.92 Å². The number of hydrogen-bond acceptors (Lipinski definition) is 7. The van der Waals surface area contributed by atoms with Crippen LogP contribution in [0.5, 0.6) is 11.5 Å². The quantitative estimate of drug-likeness (QED) is 0.289. The van der Waals surface area contributed by atoms with Gasteiger partial charge in [-0.2, -0.15) is 0 Å². The van der Waals surface area contributed by atoms with E-state index in [9.17, 15) is 4.79 Å². The molecule has 33 heavy (non-hydrogen) atoms. The van der Waals surface area contributed by atoms with Crippen molar-refractivity contribution >= 4 is 50.7 Å². The van der Waals surface area contributed by atoms with Gasteiger partial charge in [-0.3, -0.25) is 9.36 Å². The van der Waals surface area contributed by atoms with Crippen molar-refractivity contribution in [2.75, 3.05) is 5.73 Å². The zero-order valence-electron chi connectivity index (χ0n) is 17.4. The van der Waals surface area contributed by atoms with Gasteiger partial charge in [-0.05, 0) is 73.3 Å². The van der Waals surface area contributed by atoms with Crippen LogP contribution in [0.3, 0.4) is 0 Å². The number of thiazole rings is 1. The van der Waals surface area contributed by atoms with Crippen molar-refractivity contribution in [3.63, 3.8) is 0 Å². The van der Waals surface area contributed by atoms with Crippen molar-refractivity contribution in [2.45, 2.75) is 16.3 Å². The third kappa shape index (κ3) is 4.45. The summed E-state index contributed by atoms with van der Waals surface area (Å²) in [5.74, 6) is 1.40. The number of hydrogen-bond donors (Lipinski definition) is 1. The number of aromatic nitrogens is 3. The molecule has 0 radical (unpaired) electrons. The van der Waals surface area contributed by atoms with Crippen LogP contribution in [-0.4, -0.2) is 14.5 Å². The summed E-state index contributed by atoms with van der Waals surface area (Å²) in [6.07, 6.45) is 0. The van der Waals surface area contributed by atoms with Crippen molar-refractivity contribution in [3.05, 3.63) is 93.9 Å². The predicted octanol–water partition coefficient (Wildman–Crippen LogP) is 6.33. The number of nitrogen functional groups attached to an aromatic ring is 1. The Kier molecular flexibility index (Phi) is 5.80. The number of ether oxygens (including phenoxy) is 1. The number of halogens is 1. The van der Waals surface area contributed by atoms with Gasteiger partial charge in [-0.15, -0.1) is 0 Å². The number of nitrogens with zero attached hydrogens (tertiary/aromatic N) is 3. The lowest BCUT2D eigenvalue weighted by molar-refractivity contribution is 0.482. The third-order valence-electron chi connectivity index (χ3n) is 4.83. The van der Waals surface area contributed by atoms with Gasteiger partial charge in [0.15, 0.2) is 10.3 Å². The van der Waals surface area contributed by atoms with Crippen LogP contribution < -0.4 is 16.0 Å². The van der Waals surface area contributed by atoms with E-state index in [1.165, 1.54) is 23.1 Å². The minimum Gasteiger partial charge on any atom is -0.457 e. The molecule has 0 saturated carbocycles. The van der Waals surface area contributed by atoms with Gasteiger partial charge in [0.05, 0.1) is 26.5 Å². The molecule has 0 spiro atoms. The summed E-state index contributed by atoms with van der Waals surface area (Å²) in [4.78, 5) is 22.6. The van der Waals surface area contributed by atoms with Crippen LogP contribution in [0.1, 0.15) is 5.69 Å². The Bertz CT molecular complexity index is 1520. The molecule has 2 N–H and O–H groups in total.